The molecule has 0 aromatic rings. The molecule has 3 N–H and O–H groups in total. The lowest BCUT2D eigenvalue weighted by Crippen LogP contribution is -2.33. The van der Waals surface area contributed by atoms with Crippen molar-refractivity contribution in [1.82, 2.24) is 0 Å². The van der Waals surface area contributed by atoms with Crippen molar-refractivity contribution in [2.24, 2.45) is 5.92 Å². The Hall–Kier alpha value is -0.380. The summed E-state index contributed by atoms with van der Waals surface area (Å²) >= 11 is 0. The van der Waals surface area contributed by atoms with Crippen LogP contribution in [0.15, 0.2) is 12.7 Å². The number of hydrogen-bond acceptors (Lipinski definition) is 3. The van der Waals surface area contributed by atoms with Gasteiger partial charge in [0.25, 0.3) is 0 Å². The first kappa shape index (κ1) is 12.6. The zero-order chi connectivity index (χ0) is 10.3. The summed E-state index contributed by atoms with van der Waals surface area (Å²) in [6, 6.07) is 0. The van der Waals surface area contributed by atoms with Gasteiger partial charge in [-0.2, -0.15) is 0 Å². The predicted molar refractivity (Wildman–Crippen MR) is 52.3 cm³/mol. The van der Waals surface area contributed by atoms with E-state index in [-0.39, 0.29) is 12.5 Å². The van der Waals surface area contributed by atoms with Gasteiger partial charge < -0.3 is 15.3 Å². The predicted octanol–water partition coefficient (Wildman–Crippen LogP) is 0.693. The third-order valence-electron chi connectivity index (χ3n) is 2.17. The van der Waals surface area contributed by atoms with Gasteiger partial charge in [-0.15, -0.1) is 6.58 Å². The first-order chi connectivity index (χ1) is 6.13. The highest BCUT2D eigenvalue weighted by atomic mass is 16.3. The summed E-state index contributed by atoms with van der Waals surface area (Å²) in [6.07, 6.45) is 2.44. The van der Waals surface area contributed by atoms with Crippen LogP contribution < -0.4 is 0 Å². The topological polar surface area (TPSA) is 60.7 Å². The van der Waals surface area contributed by atoms with Gasteiger partial charge in [-0.3, -0.25) is 0 Å². The molecule has 0 radical (unpaired) electrons. The van der Waals surface area contributed by atoms with Crippen molar-refractivity contribution >= 4 is 0 Å². The number of unbranched alkanes of at least 4 members (excludes halogenated alkanes) is 1. The average Bonchev–Trinajstić information content (AvgIpc) is 2.15. The average molecular weight is 188 g/mol. The minimum Gasteiger partial charge on any atom is -0.396 e. The molecule has 0 saturated carbocycles. The van der Waals surface area contributed by atoms with Crippen molar-refractivity contribution in [2.45, 2.75) is 38.4 Å². The quantitative estimate of drug-likeness (QED) is 0.407. The van der Waals surface area contributed by atoms with Gasteiger partial charge in [-0.1, -0.05) is 13.0 Å². The molecule has 3 atom stereocenters. The molecule has 0 bridgehead atoms. The number of allylic oxidation sites excluding steroid dienone is 1. The van der Waals surface area contributed by atoms with Crippen LogP contribution in [0.5, 0.6) is 0 Å². The van der Waals surface area contributed by atoms with Crippen molar-refractivity contribution in [3.63, 3.8) is 0 Å². The lowest BCUT2D eigenvalue weighted by Gasteiger charge is -2.22. The second-order valence-electron chi connectivity index (χ2n) is 3.44. The van der Waals surface area contributed by atoms with E-state index in [0.29, 0.717) is 6.42 Å². The molecular weight excluding hydrogens is 168 g/mol. The summed E-state index contributed by atoms with van der Waals surface area (Å²) in [5.41, 5.74) is 0. The molecule has 0 spiro atoms. The Morgan fingerprint density at radius 1 is 1.38 bits per heavy atom. The minimum absolute atomic E-state index is 0.0975. The van der Waals surface area contributed by atoms with Crippen LogP contribution >= 0.6 is 0 Å². The molecule has 1 unspecified atom stereocenters. The highest BCUT2D eigenvalue weighted by Crippen LogP contribution is 2.12. The van der Waals surface area contributed by atoms with Gasteiger partial charge in [0.2, 0.25) is 0 Å². The Kier molecular flexibility index (Phi) is 6.86. The van der Waals surface area contributed by atoms with Crippen LogP contribution in [0.3, 0.4) is 0 Å². The molecule has 3 heteroatoms. The van der Waals surface area contributed by atoms with E-state index in [1.54, 1.807) is 13.0 Å². The Bertz CT molecular complexity index is 136. The first-order valence-electron chi connectivity index (χ1n) is 4.71. The number of hydrogen-bond donors (Lipinski definition) is 3. The molecule has 0 aliphatic carbocycles. The van der Waals surface area contributed by atoms with Gasteiger partial charge in [-0.05, 0) is 19.3 Å². The first-order valence-corrected chi connectivity index (χ1v) is 4.71. The summed E-state index contributed by atoms with van der Waals surface area (Å²) < 4.78 is 0. The summed E-state index contributed by atoms with van der Waals surface area (Å²) in [5.74, 6) is -0.265. The fourth-order valence-electron chi connectivity index (χ4n) is 1.13. The molecule has 0 aliphatic rings. The second kappa shape index (κ2) is 7.06. The largest absolute Gasteiger partial charge is 0.396 e. The van der Waals surface area contributed by atoms with Gasteiger partial charge >= 0.3 is 0 Å². The Morgan fingerprint density at radius 2 is 2.00 bits per heavy atom. The van der Waals surface area contributed by atoms with Crippen molar-refractivity contribution in [3.8, 4) is 0 Å². The SMILES string of the molecule is C=CCCCC(O)[C@@H](O)[C@H](C)CO. The van der Waals surface area contributed by atoms with Crippen molar-refractivity contribution in [1.29, 1.82) is 0 Å². The van der Waals surface area contributed by atoms with E-state index in [9.17, 15) is 10.2 Å². The van der Waals surface area contributed by atoms with E-state index < -0.39 is 12.2 Å². The van der Waals surface area contributed by atoms with Crippen LogP contribution in [0.4, 0.5) is 0 Å². The van der Waals surface area contributed by atoms with Gasteiger partial charge in [0.05, 0.1) is 12.2 Å². The molecule has 0 rings (SSSR count). The molecule has 78 valence electrons. The van der Waals surface area contributed by atoms with E-state index >= 15 is 0 Å². The maximum atomic E-state index is 9.45. The smallest absolute Gasteiger partial charge is 0.0846 e. The molecule has 0 fully saturated rings. The van der Waals surface area contributed by atoms with E-state index in [1.807, 2.05) is 0 Å². The van der Waals surface area contributed by atoms with Crippen molar-refractivity contribution < 1.29 is 15.3 Å². The lowest BCUT2D eigenvalue weighted by molar-refractivity contribution is -0.0306. The fraction of sp³-hybridized carbons (Fsp3) is 0.800. The molecule has 0 aromatic carbocycles. The summed E-state index contributed by atoms with van der Waals surface area (Å²) in [4.78, 5) is 0. The van der Waals surface area contributed by atoms with Gasteiger partial charge in [0.15, 0.2) is 0 Å². The van der Waals surface area contributed by atoms with E-state index in [1.165, 1.54) is 0 Å². The zero-order valence-corrected chi connectivity index (χ0v) is 8.19. The molecule has 0 saturated heterocycles. The summed E-state index contributed by atoms with van der Waals surface area (Å²) in [5, 5.41) is 27.6. The molecule has 3 nitrogen and oxygen atoms in total. The lowest BCUT2D eigenvalue weighted by atomic mass is 9.97. The molecule has 0 aromatic heterocycles. The van der Waals surface area contributed by atoms with Crippen LogP contribution in [0.1, 0.15) is 26.2 Å². The Balaban J connectivity index is 3.67. The molecule has 0 amide bonds. The van der Waals surface area contributed by atoms with Crippen LogP contribution in [0, 0.1) is 5.92 Å². The maximum absolute atomic E-state index is 9.45. The summed E-state index contributed by atoms with van der Waals surface area (Å²) in [6.45, 7) is 5.18. The molecule has 0 aliphatic heterocycles. The highest BCUT2D eigenvalue weighted by Gasteiger charge is 2.21. The van der Waals surface area contributed by atoms with Crippen molar-refractivity contribution in [3.05, 3.63) is 12.7 Å². The van der Waals surface area contributed by atoms with Crippen LogP contribution in [0.2, 0.25) is 0 Å². The molecular formula is C10H20O3. The van der Waals surface area contributed by atoms with E-state index in [0.717, 1.165) is 12.8 Å². The zero-order valence-electron chi connectivity index (χ0n) is 8.19. The van der Waals surface area contributed by atoms with Crippen LogP contribution in [-0.4, -0.2) is 34.1 Å². The Morgan fingerprint density at radius 3 is 2.46 bits per heavy atom. The molecule has 13 heavy (non-hydrogen) atoms. The van der Waals surface area contributed by atoms with Crippen LogP contribution in [-0.2, 0) is 0 Å². The van der Waals surface area contributed by atoms with Crippen LogP contribution in [0.25, 0.3) is 0 Å². The van der Waals surface area contributed by atoms with Gasteiger partial charge in [0, 0.05) is 12.5 Å². The monoisotopic (exact) mass is 188 g/mol. The second-order valence-corrected chi connectivity index (χ2v) is 3.44. The van der Waals surface area contributed by atoms with Gasteiger partial charge in [0.1, 0.15) is 0 Å². The normalized spacial score (nSPS) is 17.8. The maximum Gasteiger partial charge on any atom is 0.0846 e. The summed E-state index contributed by atoms with van der Waals surface area (Å²) in [7, 11) is 0. The number of rotatable bonds is 7. The number of aliphatic hydroxyl groups excluding tert-OH is 3. The minimum atomic E-state index is -0.824. The van der Waals surface area contributed by atoms with Gasteiger partial charge in [-0.25, -0.2) is 0 Å². The van der Waals surface area contributed by atoms with E-state index in [4.69, 9.17) is 5.11 Å². The standard InChI is InChI=1S/C10H20O3/c1-3-4-5-6-9(12)10(13)8(2)7-11/h3,8-13H,1,4-7H2,2H3/t8-,9?,10+/m1/s1. The molecule has 0 heterocycles. The number of aliphatic hydroxyl groups is 3. The highest BCUT2D eigenvalue weighted by molar-refractivity contribution is 4.74. The van der Waals surface area contributed by atoms with E-state index in [2.05, 4.69) is 6.58 Å². The fourth-order valence-corrected chi connectivity index (χ4v) is 1.13. The van der Waals surface area contributed by atoms with Crippen molar-refractivity contribution in [2.75, 3.05) is 6.61 Å². The third kappa shape index (κ3) is 5.03. The third-order valence-corrected chi connectivity index (χ3v) is 2.17. The Labute approximate surface area is 79.7 Å².